The summed E-state index contributed by atoms with van der Waals surface area (Å²) >= 11 is 0. The lowest BCUT2D eigenvalue weighted by atomic mass is 10.1. The summed E-state index contributed by atoms with van der Waals surface area (Å²) in [6.07, 6.45) is 0. The molecule has 0 aliphatic rings. The quantitative estimate of drug-likeness (QED) is 0.787. The van der Waals surface area contributed by atoms with Gasteiger partial charge in [-0.1, -0.05) is 29.8 Å². The highest BCUT2D eigenvalue weighted by Gasteiger charge is 2.06. The van der Waals surface area contributed by atoms with E-state index < -0.39 is 0 Å². The standard InChI is InChI=1S/C15H16O2/c1-11-8-9-13(12(2)10-11)17-15-7-5-4-6-14(15)16-3/h4-10H,1-3H3. The molecule has 2 nitrogen and oxygen atoms in total. The number of hydrogen-bond donors (Lipinski definition) is 0. The molecule has 0 N–H and O–H groups in total. The van der Waals surface area contributed by atoms with Gasteiger partial charge in [0.25, 0.3) is 0 Å². The average molecular weight is 228 g/mol. The molecule has 0 unspecified atom stereocenters. The van der Waals surface area contributed by atoms with Crippen molar-refractivity contribution in [1.82, 2.24) is 0 Å². The normalized spacial score (nSPS) is 10.1. The van der Waals surface area contributed by atoms with E-state index >= 15 is 0 Å². The lowest BCUT2D eigenvalue weighted by Gasteiger charge is -2.12. The third-order valence-corrected chi connectivity index (χ3v) is 2.62. The van der Waals surface area contributed by atoms with E-state index in [1.165, 1.54) is 5.56 Å². The van der Waals surface area contributed by atoms with Crippen molar-refractivity contribution in [2.24, 2.45) is 0 Å². The number of aryl methyl sites for hydroxylation is 2. The van der Waals surface area contributed by atoms with Gasteiger partial charge in [0.15, 0.2) is 11.5 Å². The molecule has 0 saturated heterocycles. The molecular formula is C15H16O2. The molecule has 0 fully saturated rings. The molecule has 2 aromatic rings. The van der Waals surface area contributed by atoms with Gasteiger partial charge in [-0.05, 0) is 37.6 Å². The maximum atomic E-state index is 5.86. The monoisotopic (exact) mass is 228 g/mol. The van der Waals surface area contributed by atoms with Gasteiger partial charge in [0.1, 0.15) is 5.75 Å². The first-order valence-electron chi connectivity index (χ1n) is 5.59. The van der Waals surface area contributed by atoms with Crippen molar-refractivity contribution in [3.8, 4) is 17.2 Å². The molecule has 2 heteroatoms. The fraction of sp³-hybridized carbons (Fsp3) is 0.200. The van der Waals surface area contributed by atoms with Gasteiger partial charge in [-0.3, -0.25) is 0 Å². The third kappa shape index (κ3) is 2.59. The van der Waals surface area contributed by atoms with Crippen molar-refractivity contribution < 1.29 is 9.47 Å². The second kappa shape index (κ2) is 4.91. The van der Waals surface area contributed by atoms with Gasteiger partial charge < -0.3 is 9.47 Å². The van der Waals surface area contributed by atoms with E-state index in [2.05, 4.69) is 13.0 Å². The van der Waals surface area contributed by atoms with Crippen LogP contribution in [0.4, 0.5) is 0 Å². The highest BCUT2D eigenvalue weighted by atomic mass is 16.5. The van der Waals surface area contributed by atoms with E-state index in [0.29, 0.717) is 0 Å². The molecule has 17 heavy (non-hydrogen) atoms. The lowest BCUT2D eigenvalue weighted by molar-refractivity contribution is 0.378. The first-order chi connectivity index (χ1) is 8.20. The molecule has 0 aliphatic carbocycles. The maximum Gasteiger partial charge on any atom is 0.169 e. The molecule has 88 valence electrons. The van der Waals surface area contributed by atoms with Crippen LogP contribution in [0.5, 0.6) is 17.2 Å². The van der Waals surface area contributed by atoms with Gasteiger partial charge in [-0.25, -0.2) is 0 Å². The van der Waals surface area contributed by atoms with Gasteiger partial charge in [0.05, 0.1) is 7.11 Å². The van der Waals surface area contributed by atoms with E-state index in [4.69, 9.17) is 9.47 Å². The van der Waals surface area contributed by atoms with Crippen LogP contribution in [0.2, 0.25) is 0 Å². The zero-order valence-corrected chi connectivity index (χ0v) is 10.4. The Bertz CT molecular complexity index is 518. The van der Waals surface area contributed by atoms with Crippen LogP contribution in [0.25, 0.3) is 0 Å². The molecule has 2 aromatic carbocycles. The molecule has 0 heterocycles. The first kappa shape index (κ1) is 11.5. The Labute approximate surface area is 102 Å². The summed E-state index contributed by atoms with van der Waals surface area (Å²) in [5.41, 5.74) is 2.35. The highest BCUT2D eigenvalue weighted by Crippen LogP contribution is 2.32. The number of methoxy groups -OCH3 is 1. The van der Waals surface area contributed by atoms with E-state index in [-0.39, 0.29) is 0 Å². The predicted octanol–water partition coefficient (Wildman–Crippen LogP) is 4.10. The predicted molar refractivity (Wildman–Crippen MR) is 69.0 cm³/mol. The van der Waals surface area contributed by atoms with Crippen LogP contribution < -0.4 is 9.47 Å². The number of hydrogen-bond acceptors (Lipinski definition) is 2. The van der Waals surface area contributed by atoms with Crippen molar-refractivity contribution in [2.45, 2.75) is 13.8 Å². The van der Waals surface area contributed by atoms with E-state index in [1.54, 1.807) is 7.11 Å². The molecule has 0 spiro atoms. The fourth-order valence-corrected chi connectivity index (χ4v) is 1.74. The summed E-state index contributed by atoms with van der Waals surface area (Å²) in [6.45, 7) is 4.11. The van der Waals surface area contributed by atoms with Gasteiger partial charge in [-0.2, -0.15) is 0 Å². The summed E-state index contributed by atoms with van der Waals surface area (Å²) in [4.78, 5) is 0. The third-order valence-electron chi connectivity index (χ3n) is 2.62. The minimum absolute atomic E-state index is 0.738. The second-order valence-corrected chi connectivity index (χ2v) is 4.02. The summed E-state index contributed by atoms with van der Waals surface area (Å²) in [7, 11) is 1.64. The van der Waals surface area contributed by atoms with Crippen molar-refractivity contribution >= 4 is 0 Å². The van der Waals surface area contributed by atoms with E-state index in [1.807, 2.05) is 43.3 Å². The molecule has 0 bridgehead atoms. The van der Waals surface area contributed by atoms with E-state index in [0.717, 1.165) is 22.8 Å². The number of rotatable bonds is 3. The molecule has 0 atom stereocenters. The Balaban J connectivity index is 2.31. The Morgan fingerprint density at radius 2 is 1.53 bits per heavy atom. The molecule has 2 rings (SSSR count). The van der Waals surface area contributed by atoms with Crippen LogP contribution in [0.15, 0.2) is 42.5 Å². The Hall–Kier alpha value is -1.96. The van der Waals surface area contributed by atoms with Crippen LogP contribution in [0.3, 0.4) is 0 Å². The molecule has 0 aromatic heterocycles. The maximum absolute atomic E-state index is 5.86. The molecule has 0 radical (unpaired) electrons. The summed E-state index contributed by atoms with van der Waals surface area (Å²) < 4.78 is 11.1. The topological polar surface area (TPSA) is 18.5 Å². The van der Waals surface area contributed by atoms with Crippen LogP contribution in [-0.2, 0) is 0 Å². The van der Waals surface area contributed by atoms with E-state index in [9.17, 15) is 0 Å². The Morgan fingerprint density at radius 1 is 0.824 bits per heavy atom. The van der Waals surface area contributed by atoms with Crippen LogP contribution in [0, 0.1) is 13.8 Å². The van der Waals surface area contributed by atoms with Crippen molar-refractivity contribution in [3.63, 3.8) is 0 Å². The number of benzene rings is 2. The SMILES string of the molecule is COc1ccccc1Oc1ccc(C)cc1C. The van der Waals surface area contributed by atoms with Crippen LogP contribution in [-0.4, -0.2) is 7.11 Å². The largest absolute Gasteiger partial charge is 0.493 e. The minimum Gasteiger partial charge on any atom is -0.493 e. The van der Waals surface area contributed by atoms with Gasteiger partial charge >= 0.3 is 0 Å². The summed E-state index contributed by atoms with van der Waals surface area (Å²) in [5, 5.41) is 0. The number of ether oxygens (including phenoxy) is 2. The second-order valence-electron chi connectivity index (χ2n) is 4.02. The Morgan fingerprint density at radius 3 is 2.18 bits per heavy atom. The fourth-order valence-electron chi connectivity index (χ4n) is 1.74. The first-order valence-corrected chi connectivity index (χ1v) is 5.59. The molecule has 0 aliphatic heterocycles. The summed E-state index contributed by atoms with van der Waals surface area (Å²) in [6, 6.07) is 13.8. The van der Waals surface area contributed by atoms with Gasteiger partial charge in [-0.15, -0.1) is 0 Å². The average Bonchev–Trinajstić information content (AvgIpc) is 2.33. The van der Waals surface area contributed by atoms with Crippen molar-refractivity contribution in [2.75, 3.05) is 7.11 Å². The van der Waals surface area contributed by atoms with Crippen molar-refractivity contribution in [3.05, 3.63) is 53.6 Å². The Kier molecular flexibility index (Phi) is 3.33. The number of para-hydroxylation sites is 2. The van der Waals surface area contributed by atoms with Crippen LogP contribution >= 0.6 is 0 Å². The van der Waals surface area contributed by atoms with Gasteiger partial charge in [0.2, 0.25) is 0 Å². The molecular weight excluding hydrogens is 212 g/mol. The lowest BCUT2D eigenvalue weighted by Crippen LogP contribution is -1.91. The smallest absolute Gasteiger partial charge is 0.169 e. The van der Waals surface area contributed by atoms with Gasteiger partial charge in [0, 0.05) is 0 Å². The molecule has 0 amide bonds. The zero-order valence-electron chi connectivity index (χ0n) is 10.4. The molecule has 0 saturated carbocycles. The summed E-state index contributed by atoms with van der Waals surface area (Å²) in [5.74, 6) is 2.34. The highest BCUT2D eigenvalue weighted by molar-refractivity contribution is 5.45. The minimum atomic E-state index is 0.738. The zero-order chi connectivity index (χ0) is 12.3. The van der Waals surface area contributed by atoms with Crippen LogP contribution in [0.1, 0.15) is 11.1 Å². The van der Waals surface area contributed by atoms with Crippen molar-refractivity contribution in [1.29, 1.82) is 0 Å².